The summed E-state index contributed by atoms with van der Waals surface area (Å²) in [5.41, 5.74) is 6.43. The first kappa shape index (κ1) is 13.0. The molecule has 1 atom stereocenters. The summed E-state index contributed by atoms with van der Waals surface area (Å²) >= 11 is 0. The van der Waals surface area contributed by atoms with Crippen LogP contribution in [0.5, 0.6) is 0 Å². The summed E-state index contributed by atoms with van der Waals surface area (Å²) in [6, 6.07) is 4.07. The molecule has 0 radical (unpaired) electrons. The maximum atomic E-state index is 12.0. The lowest BCUT2D eigenvalue weighted by Gasteiger charge is -2.24. The Hall–Kier alpha value is -1.46. The number of carbonyl (C=O) groups is 1. The smallest absolute Gasteiger partial charge is 0.249 e. The number of pyridine rings is 1. The number of rotatable bonds is 5. The first-order valence-electron chi connectivity index (χ1n) is 6.30. The summed E-state index contributed by atoms with van der Waals surface area (Å²) < 4.78 is 5.21. The van der Waals surface area contributed by atoms with Crippen molar-refractivity contribution in [2.45, 2.75) is 18.9 Å². The maximum absolute atomic E-state index is 12.0. The van der Waals surface area contributed by atoms with Crippen molar-refractivity contribution in [2.24, 2.45) is 5.73 Å². The van der Waals surface area contributed by atoms with Crippen LogP contribution in [-0.4, -0.2) is 42.1 Å². The molecule has 5 heteroatoms. The number of carbonyl (C=O) groups excluding carboxylic acids is 1. The number of amides is 1. The number of hydrogen-bond donors (Lipinski definition) is 1. The van der Waals surface area contributed by atoms with E-state index in [4.69, 9.17) is 10.5 Å². The monoisotopic (exact) mass is 249 g/mol. The molecular weight excluding hydrogens is 230 g/mol. The van der Waals surface area contributed by atoms with Gasteiger partial charge in [-0.25, -0.2) is 0 Å². The van der Waals surface area contributed by atoms with Crippen LogP contribution in [0.15, 0.2) is 24.5 Å². The van der Waals surface area contributed by atoms with Crippen LogP contribution >= 0.6 is 0 Å². The van der Waals surface area contributed by atoms with Gasteiger partial charge in [-0.2, -0.15) is 0 Å². The predicted octanol–water partition coefficient (Wildman–Crippen LogP) is 0.720. The largest absolute Gasteiger partial charge is 0.370 e. The van der Waals surface area contributed by atoms with Gasteiger partial charge in [-0.1, -0.05) is 6.07 Å². The average molecular weight is 249 g/mol. The Labute approximate surface area is 107 Å². The van der Waals surface area contributed by atoms with Crippen molar-refractivity contribution < 1.29 is 9.53 Å². The normalized spacial score (nSPS) is 19.2. The van der Waals surface area contributed by atoms with Gasteiger partial charge in [0.25, 0.3) is 0 Å². The van der Waals surface area contributed by atoms with Gasteiger partial charge in [-0.3, -0.25) is 9.78 Å². The Balaban J connectivity index is 1.97. The predicted molar refractivity (Wildman–Crippen MR) is 67.8 cm³/mol. The molecule has 1 saturated heterocycles. The fourth-order valence-corrected chi connectivity index (χ4v) is 2.31. The van der Waals surface area contributed by atoms with E-state index in [1.54, 1.807) is 6.20 Å². The van der Waals surface area contributed by atoms with E-state index in [2.05, 4.69) is 4.98 Å². The highest BCUT2D eigenvalue weighted by atomic mass is 16.5. The zero-order valence-electron chi connectivity index (χ0n) is 10.4. The molecular formula is C13H19N3O2. The molecule has 0 spiro atoms. The van der Waals surface area contributed by atoms with Gasteiger partial charge in [0, 0.05) is 25.5 Å². The highest BCUT2D eigenvalue weighted by Crippen LogP contribution is 2.31. The average Bonchev–Trinajstić information content (AvgIpc) is 2.89. The molecule has 18 heavy (non-hydrogen) atoms. The molecule has 1 unspecified atom stereocenters. The molecule has 0 aliphatic carbocycles. The number of likely N-dealkylation sites (tertiary alicyclic amines) is 1. The topological polar surface area (TPSA) is 68.5 Å². The summed E-state index contributed by atoms with van der Waals surface area (Å²) in [5.74, 6) is 0.0369. The number of aromatic nitrogens is 1. The fraction of sp³-hybridized carbons (Fsp3) is 0.538. The zero-order chi connectivity index (χ0) is 12.8. The van der Waals surface area contributed by atoms with Crippen LogP contribution in [0, 0.1) is 0 Å². The van der Waals surface area contributed by atoms with E-state index in [1.165, 1.54) is 0 Å². The minimum absolute atomic E-state index is 0.0369. The van der Waals surface area contributed by atoms with Gasteiger partial charge in [-0.05, 0) is 24.5 Å². The standard InChI is InChI=1S/C13H19N3O2/c14-5-8-18-10-13(17)16-7-2-4-12(16)11-3-1-6-15-9-11/h1,3,6,9,12H,2,4-5,7-8,10,14H2. The molecule has 1 aliphatic heterocycles. The van der Waals surface area contributed by atoms with Gasteiger partial charge < -0.3 is 15.4 Å². The second-order valence-electron chi connectivity index (χ2n) is 4.37. The van der Waals surface area contributed by atoms with Gasteiger partial charge in [0.1, 0.15) is 6.61 Å². The minimum Gasteiger partial charge on any atom is -0.370 e. The Kier molecular flexibility index (Phi) is 4.66. The van der Waals surface area contributed by atoms with Crippen LogP contribution in [0.1, 0.15) is 24.4 Å². The molecule has 2 heterocycles. The highest BCUT2D eigenvalue weighted by molar-refractivity contribution is 5.78. The van der Waals surface area contributed by atoms with Crippen LogP contribution in [0.2, 0.25) is 0 Å². The number of nitrogens with two attached hydrogens (primary N) is 1. The van der Waals surface area contributed by atoms with Gasteiger partial charge in [-0.15, -0.1) is 0 Å². The molecule has 2 N–H and O–H groups in total. The minimum atomic E-state index is 0.0369. The lowest BCUT2D eigenvalue weighted by molar-refractivity contribution is -0.137. The van der Waals surface area contributed by atoms with Crippen molar-refractivity contribution in [1.82, 2.24) is 9.88 Å². The van der Waals surface area contributed by atoms with Crippen LogP contribution in [0.4, 0.5) is 0 Å². The summed E-state index contributed by atoms with van der Waals surface area (Å²) in [4.78, 5) is 18.0. The van der Waals surface area contributed by atoms with Gasteiger partial charge in [0.05, 0.1) is 12.6 Å². The summed E-state index contributed by atoms with van der Waals surface area (Å²) in [6.07, 6.45) is 5.60. The zero-order valence-corrected chi connectivity index (χ0v) is 10.4. The molecule has 0 aromatic carbocycles. The maximum Gasteiger partial charge on any atom is 0.249 e. The van der Waals surface area contributed by atoms with E-state index in [1.807, 2.05) is 23.2 Å². The van der Waals surface area contributed by atoms with E-state index < -0.39 is 0 Å². The van der Waals surface area contributed by atoms with E-state index >= 15 is 0 Å². The SMILES string of the molecule is NCCOCC(=O)N1CCCC1c1cccnc1. The Bertz CT molecular complexity index is 383. The summed E-state index contributed by atoms with van der Waals surface area (Å²) in [7, 11) is 0. The van der Waals surface area contributed by atoms with Crippen LogP contribution in [-0.2, 0) is 9.53 Å². The van der Waals surface area contributed by atoms with Crippen molar-refractivity contribution in [3.63, 3.8) is 0 Å². The molecule has 0 bridgehead atoms. The van der Waals surface area contributed by atoms with E-state index in [0.717, 1.165) is 24.9 Å². The van der Waals surface area contributed by atoms with Gasteiger partial charge in [0.2, 0.25) is 5.91 Å². The van der Waals surface area contributed by atoms with Crippen LogP contribution in [0.3, 0.4) is 0 Å². The summed E-state index contributed by atoms with van der Waals surface area (Å²) in [6.45, 7) is 1.79. The van der Waals surface area contributed by atoms with E-state index in [-0.39, 0.29) is 18.6 Å². The van der Waals surface area contributed by atoms with Gasteiger partial charge >= 0.3 is 0 Å². The number of nitrogens with zero attached hydrogens (tertiary/aromatic N) is 2. The van der Waals surface area contributed by atoms with Crippen molar-refractivity contribution in [3.8, 4) is 0 Å². The molecule has 5 nitrogen and oxygen atoms in total. The first-order valence-corrected chi connectivity index (χ1v) is 6.30. The van der Waals surface area contributed by atoms with Crippen molar-refractivity contribution in [2.75, 3.05) is 26.3 Å². The second-order valence-corrected chi connectivity index (χ2v) is 4.37. The molecule has 1 aromatic heterocycles. The van der Waals surface area contributed by atoms with E-state index in [9.17, 15) is 4.79 Å². The molecule has 1 fully saturated rings. The number of ether oxygens (including phenoxy) is 1. The Morgan fingerprint density at radius 3 is 3.22 bits per heavy atom. The molecule has 0 saturated carbocycles. The lowest BCUT2D eigenvalue weighted by atomic mass is 10.1. The van der Waals surface area contributed by atoms with Crippen molar-refractivity contribution >= 4 is 5.91 Å². The highest BCUT2D eigenvalue weighted by Gasteiger charge is 2.29. The van der Waals surface area contributed by atoms with Crippen molar-refractivity contribution in [3.05, 3.63) is 30.1 Å². The summed E-state index contributed by atoms with van der Waals surface area (Å²) in [5, 5.41) is 0. The molecule has 1 aliphatic rings. The van der Waals surface area contributed by atoms with Crippen molar-refractivity contribution in [1.29, 1.82) is 0 Å². The third kappa shape index (κ3) is 3.05. The molecule has 1 amide bonds. The quantitative estimate of drug-likeness (QED) is 0.781. The van der Waals surface area contributed by atoms with E-state index in [0.29, 0.717) is 13.2 Å². The third-order valence-corrected chi connectivity index (χ3v) is 3.13. The Morgan fingerprint density at radius 1 is 1.61 bits per heavy atom. The molecule has 98 valence electrons. The van der Waals surface area contributed by atoms with Crippen LogP contribution < -0.4 is 5.73 Å². The second kappa shape index (κ2) is 6.47. The number of hydrogen-bond acceptors (Lipinski definition) is 4. The molecule has 2 rings (SSSR count). The Morgan fingerprint density at radius 2 is 2.50 bits per heavy atom. The van der Waals surface area contributed by atoms with Gasteiger partial charge in [0.15, 0.2) is 0 Å². The first-order chi connectivity index (χ1) is 8.83. The lowest BCUT2D eigenvalue weighted by Crippen LogP contribution is -2.34. The molecule has 1 aromatic rings. The van der Waals surface area contributed by atoms with Crippen LogP contribution in [0.25, 0.3) is 0 Å². The third-order valence-electron chi connectivity index (χ3n) is 3.13. The fourth-order valence-electron chi connectivity index (χ4n) is 2.31.